The van der Waals surface area contributed by atoms with E-state index in [1.165, 1.54) is 6.33 Å². The maximum atomic E-state index is 12.2. The van der Waals surface area contributed by atoms with E-state index in [9.17, 15) is 14.7 Å². The van der Waals surface area contributed by atoms with Gasteiger partial charge in [-0.15, -0.1) is 0 Å². The Labute approximate surface area is 156 Å². The zero-order valence-corrected chi connectivity index (χ0v) is 15.3. The van der Waals surface area contributed by atoms with E-state index in [1.54, 1.807) is 18.4 Å². The van der Waals surface area contributed by atoms with Gasteiger partial charge in [-0.2, -0.15) is 4.98 Å². The lowest BCUT2D eigenvalue weighted by molar-refractivity contribution is -0.118. The van der Waals surface area contributed by atoms with Crippen LogP contribution in [0.15, 0.2) is 41.5 Å². The Morgan fingerprint density at radius 1 is 1.30 bits per heavy atom. The molecule has 2 heterocycles. The van der Waals surface area contributed by atoms with E-state index in [-0.39, 0.29) is 29.8 Å². The molecule has 2 aromatic heterocycles. The fourth-order valence-electron chi connectivity index (χ4n) is 2.70. The van der Waals surface area contributed by atoms with Crippen LogP contribution in [0, 0.1) is 5.92 Å². The number of aryl methyl sites for hydroxylation is 1. The molecule has 0 saturated heterocycles. The summed E-state index contributed by atoms with van der Waals surface area (Å²) in [6.07, 6.45) is 2.19. The predicted molar refractivity (Wildman–Crippen MR) is 102 cm³/mol. The minimum atomic E-state index is -0.614. The molecule has 0 unspecified atom stereocenters. The highest BCUT2D eigenvalue weighted by Crippen LogP contribution is 2.12. The quantitative estimate of drug-likeness (QED) is 0.587. The third-order valence-corrected chi connectivity index (χ3v) is 4.26. The molecule has 0 saturated carbocycles. The van der Waals surface area contributed by atoms with Gasteiger partial charge in [-0.05, 0) is 18.4 Å². The van der Waals surface area contributed by atoms with E-state index in [4.69, 9.17) is 0 Å². The SMILES string of the molecule is CC(C)C(=O)Nc1nc2c(ncn2C[C@H](O)CCc2ccccc2)c(=O)[nH]1. The molecule has 1 amide bonds. The van der Waals surface area contributed by atoms with Crippen molar-refractivity contribution in [2.45, 2.75) is 39.3 Å². The summed E-state index contributed by atoms with van der Waals surface area (Å²) in [5, 5.41) is 12.9. The van der Waals surface area contributed by atoms with Crippen LogP contribution in [-0.4, -0.2) is 36.6 Å². The maximum Gasteiger partial charge on any atom is 0.280 e. The van der Waals surface area contributed by atoms with Gasteiger partial charge < -0.3 is 9.67 Å². The summed E-state index contributed by atoms with van der Waals surface area (Å²) in [7, 11) is 0. The van der Waals surface area contributed by atoms with Crippen molar-refractivity contribution in [2.75, 3.05) is 5.32 Å². The van der Waals surface area contributed by atoms with E-state index in [0.29, 0.717) is 12.1 Å². The van der Waals surface area contributed by atoms with Gasteiger partial charge in [0.2, 0.25) is 11.9 Å². The number of aliphatic hydroxyl groups is 1. The minimum absolute atomic E-state index is 0.0757. The topological polar surface area (TPSA) is 113 Å². The number of carbonyl (C=O) groups is 1. The molecule has 3 aromatic rings. The van der Waals surface area contributed by atoms with Gasteiger partial charge in [-0.1, -0.05) is 44.2 Å². The molecule has 0 fully saturated rings. The van der Waals surface area contributed by atoms with E-state index in [1.807, 2.05) is 30.3 Å². The van der Waals surface area contributed by atoms with E-state index < -0.39 is 11.7 Å². The molecule has 0 radical (unpaired) electrons. The van der Waals surface area contributed by atoms with Gasteiger partial charge in [0.1, 0.15) is 0 Å². The average molecular weight is 369 g/mol. The Bertz CT molecular complexity index is 978. The van der Waals surface area contributed by atoms with Gasteiger partial charge in [0.15, 0.2) is 11.2 Å². The number of H-pyrrole nitrogens is 1. The smallest absolute Gasteiger partial charge is 0.280 e. The van der Waals surface area contributed by atoms with Gasteiger partial charge in [0.05, 0.1) is 19.0 Å². The zero-order chi connectivity index (χ0) is 19.4. The number of carbonyl (C=O) groups excluding carboxylic acids is 1. The van der Waals surface area contributed by atoms with Crippen LogP contribution in [-0.2, 0) is 17.8 Å². The molecule has 1 atom stereocenters. The molecule has 0 spiro atoms. The molecular weight excluding hydrogens is 346 g/mol. The van der Waals surface area contributed by atoms with Crippen molar-refractivity contribution in [3.05, 3.63) is 52.6 Å². The summed E-state index contributed by atoms with van der Waals surface area (Å²) in [5.41, 5.74) is 1.22. The lowest BCUT2D eigenvalue weighted by atomic mass is 10.1. The molecule has 0 aliphatic carbocycles. The lowest BCUT2D eigenvalue weighted by Crippen LogP contribution is -2.23. The van der Waals surface area contributed by atoms with Gasteiger partial charge in [0.25, 0.3) is 5.56 Å². The number of benzene rings is 1. The normalized spacial score (nSPS) is 12.4. The molecule has 8 heteroatoms. The Balaban J connectivity index is 1.75. The van der Waals surface area contributed by atoms with E-state index in [0.717, 1.165) is 12.0 Å². The van der Waals surface area contributed by atoms with Crippen LogP contribution >= 0.6 is 0 Å². The Kier molecular flexibility index (Phi) is 5.66. The first kappa shape index (κ1) is 18.8. The van der Waals surface area contributed by atoms with Crippen LogP contribution in [0.5, 0.6) is 0 Å². The second kappa shape index (κ2) is 8.13. The summed E-state index contributed by atoms with van der Waals surface area (Å²) in [6.45, 7) is 3.76. The standard InChI is InChI=1S/C19H23N5O3/c1-12(2)17(26)22-19-21-16-15(18(27)23-19)20-11-24(16)10-14(25)9-8-13-6-4-3-5-7-13/h3-7,11-12,14,25H,8-10H2,1-2H3,(H2,21,22,23,26,27)/t14-/m1/s1. The number of aliphatic hydroxyl groups excluding tert-OH is 1. The highest BCUT2D eigenvalue weighted by Gasteiger charge is 2.15. The predicted octanol–water partition coefficient (Wildman–Crippen LogP) is 1.71. The van der Waals surface area contributed by atoms with Crippen molar-refractivity contribution < 1.29 is 9.90 Å². The van der Waals surface area contributed by atoms with Crippen molar-refractivity contribution >= 4 is 23.0 Å². The number of hydrogen-bond acceptors (Lipinski definition) is 5. The summed E-state index contributed by atoms with van der Waals surface area (Å²) >= 11 is 0. The number of amides is 1. The van der Waals surface area contributed by atoms with Crippen LogP contribution in [0.4, 0.5) is 5.95 Å². The number of hydrogen-bond donors (Lipinski definition) is 3. The van der Waals surface area contributed by atoms with Crippen molar-refractivity contribution in [2.24, 2.45) is 5.92 Å². The number of nitrogens with one attached hydrogen (secondary N) is 2. The molecule has 0 aliphatic heterocycles. The number of imidazole rings is 1. The zero-order valence-electron chi connectivity index (χ0n) is 15.3. The summed E-state index contributed by atoms with van der Waals surface area (Å²) in [6, 6.07) is 9.92. The van der Waals surface area contributed by atoms with E-state index >= 15 is 0 Å². The molecule has 0 aliphatic rings. The first-order valence-electron chi connectivity index (χ1n) is 8.92. The highest BCUT2D eigenvalue weighted by molar-refractivity contribution is 5.91. The van der Waals surface area contributed by atoms with Crippen molar-refractivity contribution in [1.29, 1.82) is 0 Å². The van der Waals surface area contributed by atoms with Crippen LogP contribution in [0.1, 0.15) is 25.8 Å². The molecule has 0 bridgehead atoms. The summed E-state index contributed by atoms with van der Waals surface area (Å²) in [5.74, 6) is -0.408. The van der Waals surface area contributed by atoms with Gasteiger partial charge in [-0.3, -0.25) is 19.9 Å². The molecule has 1 aromatic carbocycles. The Hall–Kier alpha value is -3.00. The molecule has 3 N–H and O–H groups in total. The maximum absolute atomic E-state index is 12.2. The molecular formula is C19H23N5O3. The van der Waals surface area contributed by atoms with Crippen LogP contribution in [0.2, 0.25) is 0 Å². The third kappa shape index (κ3) is 4.59. The van der Waals surface area contributed by atoms with Crippen LogP contribution in [0.3, 0.4) is 0 Å². The number of anilines is 1. The minimum Gasteiger partial charge on any atom is -0.391 e. The monoisotopic (exact) mass is 369 g/mol. The average Bonchev–Trinajstić information content (AvgIpc) is 3.04. The molecule has 3 rings (SSSR count). The van der Waals surface area contributed by atoms with E-state index in [2.05, 4.69) is 20.3 Å². The van der Waals surface area contributed by atoms with Gasteiger partial charge >= 0.3 is 0 Å². The lowest BCUT2D eigenvalue weighted by Gasteiger charge is -2.12. The molecule has 142 valence electrons. The summed E-state index contributed by atoms with van der Waals surface area (Å²) < 4.78 is 1.63. The molecule has 27 heavy (non-hydrogen) atoms. The third-order valence-electron chi connectivity index (χ3n) is 4.26. The number of aromatic nitrogens is 4. The first-order chi connectivity index (χ1) is 12.9. The van der Waals surface area contributed by atoms with Crippen molar-refractivity contribution in [3.63, 3.8) is 0 Å². The number of fused-ring (bicyclic) bond motifs is 1. The number of rotatable bonds is 7. The largest absolute Gasteiger partial charge is 0.391 e. The fraction of sp³-hybridized carbons (Fsp3) is 0.368. The fourth-order valence-corrected chi connectivity index (χ4v) is 2.70. The van der Waals surface area contributed by atoms with Gasteiger partial charge in [0, 0.05) is 5.92 Å². The van der Waals surface area contributed by atoms with Crippen molar-refractivity contribution in [3.8, 4) is 0 Å². The highest BCUT2D eigenvalue weighted by atomic mass is 16.3. The Morgan fingerprint density at radius 2 is 2.04 bits per heavy atom. The second-order valence-corrected chi connectivity index (χ2v) is 6.81. The number of aromatic amines is 1. The summed E-state index contributed by atoms with van der Waals surface area (Å²) in [4.78, 5) is 34.9. The Morgan fingerprint density at radius 3 is 2.74 bits per heavy atom. The second-order valence-electron chi connectivity index (χ2n) is 6.81. The van der Waals surface area contributed by atoms with Crippen LogP contribution in [0.25, 0.3) is 11.2 Å². The molecule has 8 nitrogen and oxygen atoms in total. The van der Waals surface area contributed by atoms with Crippen LogP contribution < -0.4 is 10.9 Å². The number of nitrogens with zero attached hydrogens (tertiary/aromatic N) is 3. The van der Waals surface area contributed by atoms with Gasteiger partial charge in [-0.25, -0.2) is 4.98 Å². The first-order valence-corrected chi connectivity index (χ1v) is 8.92. The van der Waals surface area contributed by atoms with Crippen molar-refractivity contribution in [1.82, 2.24) is 19.5 Å².